The first kappa shape index (κ1) is 24.7. The minimum atomic E-state index is -4.47. The van der Waals surface area contributed by atoms with Gasteiger partial charge < -0.3 is 10.1 Å². The Bertz CT molecular complexity index is 1340. The first-order chi connectivity index (χ1) is 16.7. The number of ether oxygens (including phenoxy) is 1. The van der Waals surface area contributed by atoms with Crippen molar-refractivity contribution in [2.45, 2.75) is 18.1 Å². The number of hydrogen-bond donors (Lipinski definition) is 1. The van der Waals surface area contributed by atoms with Crippen LogP contribution >= 0.6 is 23.1 Å². The van der Waals surface area contributed by atoms with E-state index >= 15 is 0 Å². The van der Waals surface area contributed by atoms with Crippen molar-refractivity contribution < 1.29 is 22.7 Å². The molecule has 0 unspecified atom stereocenters. The number of nitrogens with one attached hydrogen (secondary N) is 1. The molecule has 0 bridgehead atoms. The van der Waals surface area contributed by atoms with Crippen LogP contribution in [0, 0.1) is 6.92 Å². The molecule has 4 aromatic rings. The van der Waals surface area contributed by atoms with Crippen LogP contribution in [-0.4, -0.2) is 34.0 Å². The van der Waals surface area contributed by atoms with Crippen molar-refractivity contribution in [3.05, 3.63) is 71.9 Å². The van der Waals surface area contributed by atoms with Crippen LogP contribution in [0.1, 0.15) is 11.3 Å². The highest BCUT2D eigenvalue weighted by Gasteiger charge is 2.30. The quantitative estimate of drug-likeness (QED) is 0.289. The van der Waals surface area contributed by atoms with Crippen LogP contribution in [0.3, 0.4) is 0 Å². The van der Waals surface area contributed by atoms with E-state index in [2.05, 4.69) is 20.5 Å². The molecule has 0 saturated carbocycles. The largest absolute Gasteiger partial charge is 0.497 e. The SMILES string of the molecule is COc1cccc(-c2nc(C)c(-c3ccc(SCC(=O)Nc4cccc(C(F)(F)F)c4)nn3)s2)c1. The predicted octanol–water partition coefficient (Wildman–Crippen LogP) is 6.33. The lowest BCUT2D eigenvalue weighted by Gasteiger charge is -2.09. The summed E-state index contributed by atoms with van der Waals surface area (Å²) in [6.07, 6.45) is -4.47. The summed E-state index contributed by atoms with van der Waals surface area (Å²) in [4.78, 5) is 17.7. The van der Waals surface area contributed by atoms with Crippen LogP contribution < -0.4 is 10.1 Å². The fourth-order valence-electron chi connectivity index (χ4n) is 3.14. The van der Waals surface area contributed by atoms with Gasteiger partial charge in [-0.05, 0) is 49.4 Å². The second kappa shape index (κ2) is 10.4. The average Bonchev–Trinajstić information content (AvgIpc) is 3.24. The number of rotatable bonds is 7. The molecule has 0 fully saturated rings. The van der Waals surface area contributed by atoms with Crippen molar-refractivity contribution in [3.63, 3.8) is 0 Å². The highest BCUT2D eigenvalue weighted by molar-refractivity contribution is 7.99. The molecule has 35 heavy (non-hydrogen) atoms. The number of halogens is 3. The zero-order valence-corrected chi connectivity index (χ0v) is 20.2. The number of benzene rings is 2. The summed E-state index contributed by atoms with van der Waals surface area (Å²) in [6, 6.07) is 15.7. The second-order valence-corrected chi connectivity index (χ2v) is 9.33. The Kier molecular flexibility index (Phi) is 7.37. The number of alkyl halides is 3. The maximum atomic E-state index is 12.8. The maximum Gasteiger partial charge on any atom is 0.416 e. The summed E-state index contributed by atoms with van der Waals surface area (Å²) in [5, 5.41) is 12.3. The fourth-order valence-corrected chi connectivity index (χ4v) is 4.78. The lowest BCUT2D eigenvalue weighted by Crippen LogP contribution is -2.15. The Balaban J connectivity index is 1.39. The summed E-state index contributed by atoms with van der Waals surface area (Å²) in [5.41, 5.74) is 1.68. The zero-order chi connectivity index (χ0) is 25.0. The number of hydrogen-bond acceptors (Lipinski definition) is 7. The number of thiazole rings is 1. The van der Waals surface area contributed by atoms with Gasteiger partial charge in [0.1, 0.15) is 21.5 Å². The van der Waals surface area contributed by atoms with Gasteiger partial charge >= 0.3 is 6.18 Å². The number of amides is 1. The first-order valence-electron chi connectivity index (χ1n) is 10.3. The lowest BCUT2D eigenvalue weighted by molar-refractivity contribution is -0.137. The van der Waals surface area contributed by atoms with Gasteiger partial charge in [0.25, 0.3) is 0 Å². The van der Waals surface area contributed by atoms with Gasteiger partial charge in [0.05, 0.1) is 29.0 Å². The molecule has 6 nitrogen and oxygen atoms in total. The highest BCUT2D eigenvalue weighted by atomic mass is 32.2. The average molecular weight is 517 g/mol. The van der Waals surface area contributed by atoms with E-state index in [9.17, 15) is 18.0 Å². The molecular weight excluding hydrogens is 497 g/mol. The van der Waals surface area contributed by atoms with E-state index in [0.29, 0.717) is 10.7 Å². The lowest BCUT2D eigenvalue weighted by atomic mass is 10.2. The third kappa shape index (κ3) is 6.17. The van der Waals surface area contributed by atoms with Crippen LogP contribution in [-0.2, 0) is 11.0 Å². The number of carbonyl (C=O) groups is 1. The highest BCUT2D eigenvalue weighted by Crippen LogP contribution is 2.35. The molecule has 0 spiro atoms. The Labute approximate surface area is 207 Å². The minimum absolute atomic E-state index is 0.0240. The molecule has 0 saturated heterocycles. The van der Waals surface area contributed by atoms with Gasteiger partial charge in [-0.1, -0.05) is 30.0 Å². The number of anilines is 1. The van der Waals surface area contributed by atoms with Crippen molar-refractivity contribution in [2.75, 3.05) is 18.2 Å². The van der Waals surface area contributed by atoms with E-state index in [-0.39, 0.29) is 11.4 Å². The van der Waals surface area contributed by atoms with E-state index < -0.39 is 17.6 Å². The van der Waals surface area contributed by atoms with Crippen molar-refractivity contribution in [1.82, 2.24) is 15.2 Å². The molecule has 2 heterocycles. The van der Waals surface area contributed by atoms with Crippen LogP contribution in [0.25, 0.3) is 21.1 Å². The summed E-state index contributed by atoms with van der Waals surface area (Å²) in [5.74, 6) is 0.278. The Morgan fingerprint density at radius 3 is 2.60 bits per heavy atom. The molecule has 2 aromatic carbocycles. The number of aryl methyl sites for hydroxylation is 1. The van der Waals surface area contributed by atoms with E-state index in [0.717, 1.165) is 50.8 Å². The second-order valence-electron chi connectivity index (χ2n) is 7.34. The predicted molar refractivity (Wildman–Crippen MR) is 131 cm³/mol. The van der Waals surface area contributed by atoms with Crippen LogP contribution in [0.15, 0.2) is 65.7 Å². The number of nitrogens with zero attached hydrogens (tertiary/aromatic N) is 3. The number of aromatic nitrogens is 3. The summed E-state index contributed by atoms with van der Waals surface area (Å²) in [6.45, 7) is 1.90. The molecule has 1 N–H and O–H groups in total. The van der Waals surface area contributed by atoms with Gasteiger partial charge in [-0.15, -0.1) is 21.5 Å². The topological polar surface area (TPSA) is 77.0 Å². The molecule has 4 rings (SSSR count). The van der Waals surface area contributed by atoms with Crippen molar-refractivity contribution >= 4 is 34.7 Å². The number of thioether (sulfide) groups is 1. The molecule has 2 aromatic heterocycles. The van der Waals surface area contributed by atoms with Gasteiger partial charge in [0.15, 0.2) is 0 Å². The molecule has 0 radical (unpaired) electrons. The summed E-state index contributed by atoms with van der Waals surface area (Å²) >= 11 is 2.63. The molecule has 1 amide bonds. The third-order valence-corrected chi connectivity index (χ3v) is 6.96. The van der Waals surface area contributed by atoms with E-state index in [1.165, 1.54) is 23.5 Å². The first-order valence-corrected chi connectivity index (χ1v) is 12.1. The molecule has 180 valence electrons. The molecular formula is C24H19F3N4O2S2. The van der Waals surface area contributed by atoms with Gasteiger partial charge in [0.2, 0.25) is 5.91 Å². The van der Waals surface area contributed by atoms with E-state index in [1.807, 2.05) is 31.2 Å². The number of carbonyl (C=O) groups excluding carboxylic acids is 1. The van der Waals surface area contributed by atoms with Crippen molar-refractivity contribution in [3.8, 4) is 26.9 Å². The van der Waals surface area contributed by atoms with Gasteiger partial charge in [-0.25, -0.2) is 4.98 Å². The van der Waals surface area contributed by atoms with Crippen LogP contribution in [0.4, 0.5) is 18.9 Å². The van der Waals surface area contributed by atoms with Crippen molar-refractivity contribution in [1.29, 1.82) is 0 Å². The van der Waals surface area contributed by atoms with E-state index in [1.54, 1.807) is 19.2 Å². The van der Waals surface area contributed by atoms with Gasteiger partial charge in [-0.2, -0.15) is 13.2 Å². The zero-order valence-electron chi connectivity index (χ0n) is 18.6. The van der Waals surface area contributed by atoms with Crippen molar-refractivity contribution in [2.24, 2.45) is 0 Å². The van der Waals surface area contributed by atoms with Gasteiger partial charge in [-0.3, -0.25) is 4.79 Å². The third-order valence-electron chi connectivity index (χ3n) is 4.81. The molecule has 0 aliphatic heterocycles. The van der Waals surface area contributed by atoms with Crippen LogP contribution in [0.2, 0.25) is 0 Å². The normalized spacial score (nSPS) is 11.3. The minimum Gasteiger partial charge on any atom is -0.497 e. The smallest absolute Gasteiger partial charge is 0.416 e. The monoisotopic (exact) mass is 516 g/mol. The van der Waals surface area contributed by atoms with Gasteiger partial charge in [0, 0.05) is 11.3 Å². The Hall–Kier alpha value is -3.44. The summed E-state index contributed by atoms with van der Waals surface area (Å²) < 4.78 is 43.8. The molecule has 11 heteroatoms. The Morgan fingerprint density at radius 2 is 1.89 bits per heavy atom. The fraction of sp³-hybridized carbons (Fsp3) is 0.167. The molecule has 0 aliphatic rings. The molecule has 0 atom stereocenters. The van der Waals surface area contributed by atoms with Crippen LogP contribution in [0.5, 0.6) is 5.75 Å². The summed E-state index contributed by atoms with van der Waals surface area (Å²) in [7, 11) is 1.61. The maximum absolute atomic E-state index is 12.8. The molecule has 0 aliphatic carbocycles. The standard InChI is InChI=1S/C24H19F3N4O2S2/c1-14-22(35-23(28-14)15-5-3-8-18(11-15)33-2)19-9-10-21(31-30-19)34-13-20(32)29-17-7-4-6-16(12-17)24(25,26)27/h3-12H,13H2,1-2H3,(H,29,32). The van der Waals surface area contributed by atoms with E-state index in [4.69, 9.17) is 4.74 Å². The number of methoxy groups -OCH3 is 1. The Morgan fingerprint density at radius 1 is 1.09 bits per heavy atom.